The molecule has 2 heterocycles. The van der Waals surface area contributed by atoms with Gasteiger partial charge in [-0.05, 0) is 17.7 Å². The molecule has 0 bridgehead atoms. The van der Waals surface area contributed by atoms with E-state index in [1.165, 1.54) is 20.0 Å². The Morgan fingerprint density at radius 2 is 1.40 bits per heavy atom. The Labute approximate surface area is 206 Å². The van der Waals surface area contributed by atoms with Gasteiger partial charge in [-0.2, -0.15) is 0 Å². The fourth-order valence-corrected chi connectivity index (χ4v) is 4.79. The van der Waals surface area contributed by atoms with E-state index >= 15 is 0 Å². The Bertz CT molecular complexity index is 1350. The third-order valence-electron chi connectivity index (χ3n) is 5.32. The first-order valence-corrected chi connectivity index (χ1v) is 11.9. The fraction of sp³-hybridized carbons (Fsp3) is 0.107. The van der Waals surface area contributed by atoms with Crippen molar-refractivity contribution < 1.29 is 19.1 Å². The van der Waals surface area contributed by atoms with Crippen LogP contribution in [-0.2, 0) is 19.1 Å². The molecular formula is C28H22N2O4S. The SMILES string of the molecule is CC1(C)OC(=O)C(=CNc2cccc(-c3nc(-c4ccccc4)c(-c4ccccc4)s3)c2)C(=O)O1. The van der Waals surface area contributed by atoms with E-state index in [4.69, 9.17) is 14.5 Å². The van der Waals surface area contributed by atoms with Crippen LogP contribution in [0.2, 0.25) is 0 Å². The van der Waals surface area contributed by atoms with Gasteiger partial charge in [-0.3, -0.25) is 0 Å². The van der Waals surface area contributed by atoms with Crippen LogP contribution in [0.25, 0.3) is 32.3 Å². The number of cyclic esters (lactones) is 2. The maximum atomic E-state index is 12.2. The third-order valence-corrected chi connectivity index (χ3v) is 6.47. The molecule has 0 atom stereocenters. The number of anilines is 1. The van der Waals surface area contributed by atoms with Crippen molar-refractivity contribution in [3.8, 4) is 32.3 Å². The largest absolute Gasteiger partial charge is 0.419 e. The number of nitrogens with one attached hydrogen (secondary N) is 1. The summed E-state index contributed by atoms with van der Waals surface area (Å²) in [5.41, 5.74) is 4.48. The summed E-state index contributed by atoms with van der Waals surface area (Å²) in [5.74, 6) is -2.73. The minimum absolute atomic E-state index is 0.193. The molecule has 1 aromatic heterocycles. The zero-order valence-corrected chi connectivity index (χ0v) is 20.0. The third kappa shape index (κ3) is 4.85. The van der Waals surface area contributed by atoms with Crippen LogP contribution in [0.5, 0.6) is 0 Å². The molecule has 0 radical (unpaired) electrons. The predicted molar refractivity (Wildman–Crippen MR) is 136 cm³/mol. The van der Waals surface area contributed by atoms with Gasteiger partial charge < -0.3 is 14.8 Å². The number of nitrogens with zero attached hydrogens (tertiary/aromatic N) is 1. The average Bonchev–Trinajstić information content (AvgIpc) is 3.30. The van der Waals surface area contributed by atoms with Crippen LogP contribution in [-0.4, -0.2) is 22.7 Å². The number of carbonyl (C=O) groups is 2. The maximum absolute atomic E-state index is 12.2. The molecule has 0 aliphatic carbocycles. The summed E-state index contributed by atoms with van der Waals surface area (Å²) in [6.45, 7) is 3.02. The van der Waals surface area contributed by atoms with Crippen molar-refractivity contribution >= 4 is 29.0 Å². The second kappa shape index (κ2) is 9.19. The molecule has 7 heteroatoms. The van der Waals surface area contributed by atoms with Crippen LogP contribution < -0.4 is 5.32 Å². The van der Waals surface area contributed by atoms with E-state index in [2.05, 4.69) is 29.6 Å². The summed E-state index contributed by atoms with van der Waals surface area (Å²) in [6, 6.07) is 27.9. The maximum Gasteiger partial charge on any atom is 0.350 e. The molecule has 1 aliphatic heterocycles. The molecule has 4 aromatic rings. The summed E-state index contributed by atoms with van der Waals surface area (Å²) in [5, 5.41) is 3.87. The molecule has 6 nitrogen and oxygen atoms in total. The van der Waals surface area contributed by atoms with Gasteiger partial charge >= 0.3 is 11.9 Å². The number of carbonyl (C=O) groups excluding carboxylic acids is 2. The number of rotatable bonds is 5. The summed E-state index contributed by atoms with van der Waals surface area (Å²) in [6.07, 6.45) is 1.31. The molecule has 5 rings (SSSR count). The van der Waals surface area contributed by atoms with Gasteiger partial charge in [0, 0.05) is 36.9 Å². The number of esters is 2. The summed E-state index contributed by atoms with van der Waals surface area (Å²) < 4.78 is 10.3. The number of thiazole rings is 1. The van der Waals surface area contributed by atoms with Crippen molar-refractivity contribution in [1.82, 2.24) is 4.98 Å². The van der Waals surface area contributed by atoms with E-state index in [0.717, 1.165) is 32.3 Å². The number of hydrogen-bond donors (Lipinski definition) is 1. The van der Waals surface area contributed by atoms with Crippen molar-refractivity contribution in [1.29, 1.82) is 0 Å². The molecule has 0 saturated carbocycles. The highest BCUT2D eigenvalue weighted by Crippen LogP contribution is 2.40. The molecule has 1 aliphatic rings. The molecule has 0 amide bonds. The Balaban J connectivity index is 1.47. The van der Waals surface area contributed by atoms with Gasteiger partial charge in [0.25, 0.3) is 5.79 Å². The van der Waals surface area contributed by atoms with Crippen LogP contribution >= 0.6 is 11.3 Å². The predicted octanol–water partition coefficient (Wildman–Crippen LogP) is 6.28. The monoisotopic (exact) mass is 482 g/mol. The first-order chi connectivity index (χ1) is 16.9. The van der Waals surface area contributed by atoms with Gasteiger partial charge in [-0.1, -0.05) is 72.8 Å². The highest BCUT2D eigenvalue weighted by atomic mass is 32.1. The standard InChI is InChI=1S/C28H22N2O4S/c1-28(2)33-26(31)22(27(32)34-28)17-29-21-15-9-14-20(16-21)25-30-23(18-10-5-3-6-11-18)24(35-25)19-12-7-4-8-13-19/h3-17,29H,1-2H3. The lowest BCUT2D eigenvalue weighted by atomic mass is 10.1. The van der Waals surface area contributed by atoms with Gasteiger partial charge in [0.15, 0.2) is 5.57 Å². The van der Waals surface area contributed by atoms with Gasteiger partial charge in [-0.25, -0.2) is 14.6 Å². The lowest BCUT2D eigenvalue weighted by Crippen LogP contribution is -2.42. The van der Waals surface area contributed by atoms with Crippen LogP contribution in [0, 0.1) is 0 Å². The van der Waals surface area contributed by atoms with Crippen LogP contribution in [0.4, 0.5) is 5.69 Å². The van der Waals surface area contributed by atoms with Crippen molar-refractivity contribution in [2.75, 3.05) is 5.32 Å². The Kier molecular flexibility index (Phi) is 5.93. The van der Waals surface area contributed by atoms with Crippen molar-refractivity contribution in [3.05, 3.63) is 96.7 Å². The number of hydrogen-bond acceptors (Lipinski definition) is 7. The second-order valence-electron chi connectivity index (χ2n) is 8.39. The lowest BCUT2D eigenvalue weighted by Gasteiger charge is -2.29. The van der Waals surface area contributed by atoms with E-state index in [1.807, 2.05) is 60.7 Å². The molecule has 3 aromatic carbocycles. The second-order valence-corrected chi connectivity index (χ2v) is 9.39. The Morgan fingerprint density at radius 1 is 0.800 bits per heavy atom. The molecular weight excluding hydrogens is 460 g/mol. The molecule has 35 heavy (non-hydrogen) atoms. The van der Waals surface area contributed by atoms with E-state index in [9.17, 15) is 9.59 Å². The first kappa shape index (κ1) is 22.6. The van der Waals surface area contributed by atoms with E-state index in [0.29, 0.717) is 5.69 Å². The van der Waals surface area contributed by atoms with Gasteiger partial charge in [-0.15, -0.1) is 11.3 Å². The minimum atomic E-state index is -1.27. The molecule has 174 valence electrons. The van der Waals surface area contributed by atoms with Crippen molar-refractivity contribution in [3.63, 3.8) is 0 Å². The highest BCUT2D eigenvalue weighted by molar-refractivity contribution is 7.19. The first-order valence-electron chi connectivity index (χ1n) is 11.1. The molecule has 1 saturated heterocycles. The normalized spacial score (nSPS) is 14.7. The Hall–Kier alpha value is -4.23. The number of aromatic nitrogens is 1. The Morgan fingerprint density at radius 3 is 2.06 bits per heavy atom. The molecule has 0 spiro atoms. The van der Waals surface area contributed by atoms with Crippen LogP contribution in [0.3, 0.4) is 0 Å². The van der Waals surface area contributed by atoms with Gasteiger partial charge in [0.05, 0.1) is 10.6 Å². The van der Waals surface area contributed by atoms with Crippen molar-refractivity contribution in [2.45, 2.75) is 19.6 Å². The molecule has 1 fully saturated rings. The smallest absolute Gasteiger partial charge is 0.350 e. The van der Waals surface area contributed by atoms with E-state index in [-0.39, 0.29) is 5.57 Å². The average molecular weight is 483 g/mol. The minimum Gasteiger partial charge on any atom is -0.419 e. The molecule has 1 N–H and O–H groups in total. The summed E-state index contributed by atoms with van der Waals surface area (Å²) in [4.78, 5) is 30.5. The summed E-state index contributed by atoms with van der Waals surface area (Å²) in [7, 11) is 0. The van der Waals surface area contributed by atoms with Crippen molar-refractivity contribution in [2.24, 2.45) is 0 Å². The van der Waals surface area contributed by atoms with Crippen LogP contribution in [0.1, 0.15) is 13.8 Å². The van der Waals surface area contributed by atoms with E-state index in [1.54, 1.807) is 11.3 Å². The van der Waals surface area contributed by atoms with E-state index < -0.39 is 17.7 Å². The van der Waals surface area contributed by atoms with Gasteiger partial charge in [0.1, 0.15) is 5.01 Å². The highest BCUT2D eigenvalue weighted by Gasteiger charge is 2.38. The number of benzene rings is 3. The van der Waals surface area contributed by atoms with Crippen LogP contribution in [0.15, 0.2) is 96.7 Å². The zero-order chi connectivity index (χ0) is 24.4. The number of ether oxygens (including phenoxy) is 2. The lowest BCUT2D eigenvalue weighted by molar-refractivity contribution is -0.222. The molecule has 0 unspecified atom stereocenters. The fourth-order valence-electron chi connectivity index (χ4n) is 3.70. The quantitative estimate of drug-likeness (QED) is 0.205. The summed E-state index contributed by atoms with van der Waals surface area (Å²) >= 11 is 1.61. The topological polar surface area (TPSA) is 77.5 Å². The van der Waals surface area contributed by atoms with Gasteiger partial charge in [0.2, 0.25) is 0 Å². The zero-order valence-electron chi connectivity index (χ0n) is 19.1.